The Morgan fingerprint density at radius 3 is 3.16 bits per heavy atom. The zero-order valence-electron chi connectivity index (χ0n) is 10.9. The molecule has 0 fully saturated rings. The topological polar surface area (TPSA) is 59.8 Å². The van der Waals surface area contributed by atoms with Crippen LogP contribution in [0.2, 0.25) is 0 Å². The van der Waals surface area contributed by atoms with Gasteiger partial charge in [0, 0.05) is 30.6 Å². The van der Waals surface area contributed by atoms with Gasteiger partial charge in [-0.3, -0.25) is 4.79 Å². The smallest absolute Gasteiger partial charge is 0.224 e. The molecule has 1 amide bonds. The number of benzene rings is 1. The van der Waals surface area contributed by atoms with E-state index < -0.39 is 0 Å². The Labute approximate surface area is 111 Å². The van der Waals surface area contributed by atoms with E-state index in [1.807, 2.05) is 31.2 Å². The Kier molecular flexibility index (Phi) is 3.03. The van der Waals surface area contributed by atoms with E-state index in [4.69, 9.17) is 0 Å². The number of hydrogen-bond acceptors (Lipinski definition) is 3. The molecule has 2 aromatic rings. The highest BCUT2D eigenvalue weighted by atomic mass is 16.1. The summed E-state index contributed by atoms with van der Waals surface area (Å²) in [6, 6.07) is 7.76. The standard InChI is InChI=1S/C14H16N4O/c1-2-13(19)15-11-6-3-5-10(9-11)14-17-16-12-7-4-8-18(12)14/h3,5-6,9H,2,4,7-8H2,1H3,(H,15,19). The van der Waals surface area contributed by atoms with Gasteiger partial charge >= 0.3 is 0 Å². The van der Waals surface area contributed by atoms with E-state index in [2.05, 4.69) is 20.1 Å². The van der Waals surface area contributed by atoms with Crippen LogP contribution in [0.3, 0.4) is 0 Å². The summed E-state index contributed by atoms with van der Waals surface area (Å²) < 4.78 is 2.15. The average Bonchev–Trinajstić information content (AvgIpc) is 3.01. The second-order valence-electron chi connectivity index (χ2n) is 4.68. The Bertz CT molecular complexity index is 618. The minimum Gasteiger partial charge on any atom is -0.326 e. The molecule has 0 saturated heterocycles. The summed E-state index contributed by atoms with van der Waals surface area (Å²) >= 11 is 0. The fourth-order valence-corrected chi connectivity index (χ4v) is 2.35. The summed E-state index contributed by atoms with van der Waals surface area (Å²) in [7, 11) is 0. The molecule has 0 unspecified atom stereocenters. The molecule has 98 valence electrons. The van der Waals surface area contributed by atoms with Gasteiger partial charge in [0.15, 0.2) is 5.82 Å². The largest absolute Gasteiger partial charge is 0.326 e. The first-order valence-corrected chi connectivity index (χ1v) is 6.60. The van der Waals surface area contributed by atoms with Gasteiger partial charge in [0.05, 0.1) is 0 Å². The fraction of sp³-hybridized carbons (Fsp3) is 0.357. The van der Waals surface area contributed by atoms with Gasteiger partial charge in [-0.2, -0.15) is 0 Å². The molecule has 1 aromatic carbocycles. The van der Waals surface area contributed by atoms with Crippen molar-refractivity contribution in [3.05, 3.63) is 30.1 Å². The highest BCUT2D eigenvalue weighted by Gasteiger charge is 2.18. The van der Waals surface area contributed by atoms with E-state index in [9.17, 15) is 4.79 Å². The highest BCUT2D eigenvalue weighted by molar-refractivity contribution is 5.91. The van der Waals surface area contributed by atoms with E-state index in [-0.39, 0.29) is 5.91 Å². The van der Waals surface area contributed by atoms with Crippen LogP contribution in [-0.4, -0.2) is 20.7 Å². The molecule has 3 rings (SSSR count). The zero-order valence-corrected chi connectivity index (χ0v) is 10.9. The van der Waals surface area contributed by atoms with E-state index in [1.54, 1.807) is 0 Å². The van der Waals surface area contributed by atoms with Crippen LogP contribution in [0.15, 0.2) is 24.3 Å². The molecule has 19 heavy (non-hydrogen) atoms. The number of aryl methyl sites for hydroxylation is 1. The first kappa shape index (κ1) is 11.9. The number of aromatic nitrogens is 3. The Morgan fingerprint density at radius 1 is 1.42 bits per heavy atom. The molecule has 5 heteroatoms. The van der Waals surface area contributed by atoms with Gasteiger partial charge in [0.25, 0.3) is 0 Å². The van der Waals surface area contributed by atoms with Gasteiger partial charge in [-0.15, -0.1) is 10.2 Å². The van der Waals surface area contributed by atoms with E-state index in [0.29, 0.717) is 6.42 Å². The summed E-state index contributed by atoms with van der Waals surface area (Å²) in [4.78, 5) is 11.4. The van der Waals surface area contributed by atoms with Crippen molar-refractivity contribution in [3.8, 4) is 11.4 Å². The van der Waals surface area contributed by atoms with Crippen molar-refractivity contribution in [1.29, 1.82) is 0 Å². The van der Waals surface area contributed by atoms with Crippen molar-refractivity contribution >= 4 is 11.6 Å². The summed E-state index contributed by atoms with van der Waals surface area (Å²) in [5, 5.41) is 11.3. The molecule has 0 saturated carbocycles. The van der Waals surface area contributed by atoms with Crippen LogP contribution in [-0.2, 0) is 17.8 Å². The number of fused-ring (bicyclic) bond motifs is 1. The summed E-state index contributed by atoms with van der Waals surface area (Å²) in [5.41, 5.74) is 1.80. The van der Waals surface area contributed by atoms with Crippen molar-refractivity contribution in [3.63, 3.8) is 0 Å². The Morgan fingerprint density at radius 2 is 2.32 bits per heavy atom. The second kappa shape index (κ2) is 4.84. The van der Waals surface area contributed by atoms with Crippen molar-refractivity contribution in [1.82, 2.24) is 14.8 Å². The van der Waals surface area contributed by atoms with E-state index in [1.165, 1.54) is 0 Å². The number of nitrogens with zero attached hydrogens (tertiary/aromatic N) is 3. The van der Waals surface area contributed by atoms with Crippen LogP contribution in [0.5, 0.6) is 0 Å². The Hall–Kier alpha value is -2.17. The predicted octanol–water partition coefficient (Wildman–Crippen LogP) is 2.24. The van der Waals surface area contributed by atoms with Gasteiger partial charge in [0.2, 0.25) is 5.91 Å². The molecule has 0 radical (unpaired) electrons. The molecule has 2 heterocycles. The van der Waals surface area contributed by atoms with Crippen LogP contribution in [0.1, 0.15) is 25.6 Å². The molecule has 5 nitrogen and oxygen atoms in total. The van der Waals surface area contributed by atoms with E-state index in [0.717, 1.165) is 42.3 Å². The lowest BCUT2D eigenvalue weighted by Crippen LogP contribution is -2.09. The summed E-state index contributed by atoms with van der Waals surface area (Å²) in [6.45, 7) is 2.81. The molecule has 1 aliphatic heterocycles. The maximum Gasteiger partial charge on any atom is 0.224 e. The number of hydrogen-bond donors (Lipinski definition) is 1. The molecule has 1 N–H and O–H groups in total. The molecule has 1 aliphatic rings. The van der Waals surface area contributed by atoms with Crippen LogP contribution in [0.4, 0.5) is 5.69 Å². The molecular weight excluding hydrogens is 240 g/mol. The summed E-state index contributed by atoms with van der Waals surface area (Å²) in [6.07, 6.45) is 2.61. The monoisotopic (exact) mass is 256 g/mol. The predicted molar refractivity (Wildman–Crippen MR) is 72.7 cm³/mol. The first-order valence-electron chi connectivity index (χ1n) is 6.60. The van der Waals surface area contributed by atoms with Crippen molar-refractivity contribution in [2.75, 3.05) is 5.32 Å². The molecule has 0 bridgehead atoms. The molecule has 1 aromatic heterocycles. The number of carbonyl (C=O) groups is 1. The third-order valence-corrected chi connectivity index (χ3v) is 3.34. The minimum absolute atomic E-state index is 0.0172. The summed E-state index contributed by atoms with van der Waals surface area (Å²) in [5.74, 6) is 1.96. The average molecular weight is 256 g/mol. The van der Waals surface area contributed by atoms with Crippen LogP contribution in [0.25, 0.3) is 11.4 Å². The maximum atomic E-state index is 11.4. The molecule has 0 atom stereocenters. The number of nitrogens with one attached hydrogen (secondary N) is 1. The maximum absolute atomic E-state index is 11.4. The molecule has 0 aliphatic carbocycles. The first-order chi connectivity index (χ1) is 9.28. The van der Waals surface area contributed by atoms with Crippen molar-refractivity contribution in [2.45, 2.75) is 32.7 Å². The number of anilines is 1. The zero-order chi connectivity index (χ0) is 13.2. The quantitative estimate of drug-likeness (QED) is 0.916. The SMILES string of the molecule is CCC(=O)Nc1cccc(-c2nnc3n2CCC3)c1. The normalized spacial score (nSPS) is 13.3. The van der Waals surface area contributed by atoms with E-state index >= 15 is 0 Å². The van der Waals surface area contributed by atoms with Gasteiger partial charge in [-0.1, -0.05) is 19.1 Å². The lowest BCUT2D eigenvalue weighted by atomic mass is 10.2. The second-order valence-corrected chi connectivity index (χ2v) is 4.68. The van der Waals surface area contributed by atoms with Gasteiger partial charge in [0.1, 0.15) is 5.82 Å². The fourth-order valence-electron chi connectivity index (χ4n) is 2.35. The third kappa shape index (κ3) is 2.23. The highest BCUT2D eigenvalue weighted by Crippen LogP contribution is 2.25. The number of amides is 1. The lowest BCUT2D eigenvalue weighted by molar-refractivity contribution is -0.115. The molecule has 0 spiro atoms. The van der Waals surface area contributed by atoms with Gasteiger partial charge < -0.3 is 9.88 Å². The van der Waals surface area contributed by atoms with Crippen molar-refractivity contribution < 1.29 is 4.79 Å². The number of carbonyl (C=O) groups excluding carboxylic acids is 1. The third-order valence-electron chi connectivity index (χ3n) is 3.34. The van der Waals surface area contributed by atoms with Crippen LogP contribution < -0.4 is 5.32 Å². The van der Waals surface area contributed by atoms with Gasteiger partial charge in [-0.25, -0.2) is 0 Å². The van der Waals surface area contributed by atoms with Crippen LogP contribution >= 0.6 is 0 Å². The van der Waals surface area contributed by atoms with Crippen molar-refractivity contribution in [2.24, 2.45) is 0 Å². The number of rotatable bonds is 3. The van der Waals surface area contributed by atoms with Crippen LogP contribution in [0, 0.1) is 0 Å². The molecular formula is C14H16N4O. The van der Waals surface area contributed by atoms with Gasteiger partial charge in [-0.05, 0) is 18.6 Å². The lowest BCUT2D eigenvalue weighted by Gasteiger charge is -2.07. The Balaban J connectivity index is 1.92. The minimum atomic E-state index is 0.0172.